The van der Waals surface area contributed by atoms with Crippen LogP contribution in [0.1, 0.15) is 78.6 Å². The number of hydrogen-bond acceptors (Lipinski definition) is 4. The summed E-state index contributed by atoms with van der Waals surface area (Å²) >= 11 is 0. The lowest BCUT2D eigenvalue weighted by atomic mass is 9.44. The molecule has 30 heavy (non-hydrogen) atoms. The maximum Gasteiger partial charge on any atom is 0.244 e. The van der Waals surface area contributed by atoms with E-state index in [1.165, 1.54) is 38.5 Å². The Bertz CT molecular complexity index is 835. The highest BCUT2D eigenvalue weighted by molar-refractivity contribution is 5.82. The molecule has 0 amide bonds. The Balaban J connectivity index is 1.34. The molecule has 0 saturated heterocycles. The molecule has 4 fully saturated rings. The molecule has 0 bridgehead atoms. The van der Waals surface area contributed by atoms with Gasteiger partial charge in [-0.3, -0.25) is 4.79 Å². The van der Waals surface area contributed by atoms with Crippen LogP contribution in [-0.2, 0) is 18.4 Å². The number of fused-ring (bicyclic) bond motifs is 5. The minimum atomic E-state index is -0.469. The van der Waals surface area contributed by atoms with Gasteiger partial charge in [0.25, 0.3) is 0 Å². The molecule has 4 aliphatic carbocycles. The van der Waals surface area contributed by atoms with Crippen LogP contribution in [0.3, 0.4) is 0 Å². The number of aliphatic hydroxyl groups is 1. The largest absolute Gasteiger partial charge is 0.390 e. The lowest BCUT2D eigenvalue weighted by molar-refractivity contribution is -0.731. The number of carbonyl (C=O) groups excluding carboxylic acids is 1. The number of nitrogens with zero attached hydrogens (tertiary/aromatic N) is 4. The van der Waals surface area contributed by atoms with Gasteiger partial charge in [-0.15, -0.1) is 4.68 Å². The third-order valence-corrected chi connectivity index (χ3v) is 10.3. The second-order valence-corrected chi connectivity index (χ2v) is 12.0. The summed E-state index contributed by atoms with van der Waals surface area (Å²) in [5.74, 6) is 3.38. The van der Waals surface area contributed by atoms with Crippen LogP contribution in [0.4, 0.5) is 0 Å². The van der Waals surface area contributed by atoms with Crippen molar-refractivity contribution in [2.45, 2.75) is 90.7 Å². The van der Waals surface area contributed by atoms with Crippen molar-refractivity contribution < 1.29 is 14.6 Å². The number of rotatable bonds is 3. The normalized spacial score (nSPS) is 48.0. The lowest BCUT2D eigenvalue weighted by Gasteiger charge is -2.61. The Morgan fingerprint density at radius 1 is 1.07 bits per heavy atom. The molecule has 0 aromatic carbocycles. The van der Waals surface area contributed by atoms with Gasteiger partial charge >= 0.3 is 0 Å². The zero-order valence-corrected chi connectivity index (χ0v) is 19.2. The molecule has 4 saturated carbocycles. The standard InChI is InChI=1S/C24H39N4O2/c1-22(30)11-12-23(2)16(13-22)5-6-17-18-7-8-20(24(18,3)10-9-19(17)23)21(29)14-28-15-27(4)25-26-28/h15-20,30H,5-14H2,1-4H3/q+1/t16-,17-,18-,19-,20+,22+,23-,24-/m0/s1. The molecule has 166 valence electrons. The van der Waals surface area contributed by atoms with Crippen molar-refractivity contribution >= 4 is 5.78 Å². The van der Waals surface area contributed by atoms with Crippen molar-refractivity contribution in [1.82, 2.24) is 15.1 Å². The fourth-order valence-corrected chi connectivity index (χ4v) is 8.66. The first-order valence-electron chi connectivity index (χ1n) is 12.1. The third-order valence-electron chi connectivity index (χ3n) is 10.3. The molecule has 1 heterocycles. The van der Waals surface area contributed by atoms with Gasteiger partial charge in [0.15, 0.2) is 17.5 Å². The Kier molecular flexibility index (Phi) is 4.70. The van der Waals surface area contributed by atoms with Gasteiger partial charge in [-0.05, 0) is 99.2 Å². The SMILES string of the molecule is C[n+]1cn(CC(=O)[C@H]2CC[C@H]3[C@@H]4CC[C@H]5C[C@](C)(O)CC[C@]5(C)[C@H]4CC[C@]23C)nn1. The van der Waals surface area contributed by atoms with Crippen LogP contribution in [0.25, 0.3) is 0 Å². The average Bonchev–Trinajstić information content (AvgIpc) is 3.24. The van der Waals surface area contributed by atoms with Crippen LogP contribution >= 0.6 is 0 Å². The molecule has 0 radical (unpaired) electrons. The van der Waals surface area contributed by atoms with Gasteiger partial charge in [-0.25, -0.2) is 0 Å². The summed E-state index contributed by atoms with van der Waals surface area (Å²) in [6, 6.07) is 0. The predicted molar refractivity (Wildman–Crippen MR) is 112 cm³/mol. The van der Waals surface area contributed by atoms with Crippen LogP contribution in [0.5, 0.6) is 0 Å². The summed E-state index contributed by atoms with van der Waals surface area (Å²) in [6.07, 6.45) is 12.1. The zero-order chi connectivity index (χ0) is 21.3. The molecule has 8 atom stereocenters. The Morgan fingerprint density at radius 2 is 1.83 bits per heavy atom. The van der Waals surface area contributed by atoms with Crippen molar-refractivity contribution in [3.8, 4) is 0 Å². The number of ketones is 1. The monoisotopic (exact) mass is 415 g/mol. The average molecular weight is 416 g/mol. The quantitative estimate of drug-likeness (QED) is 0.770. The maximum absolute atomic E-state index is 13.3. The minimum Gasteiger partial charge on any atom is -0.390 e. The van der Waals surface area contributed by atoms with E-state index < -0.39 is 5.60 Å². The highest BCUT2D eigenvalue weighted by Crippen LogP contribution is 2.68. The fraction of sp³-hybridized carbons (Fsp3) is 0.917. The van der Waals surface area contributed by atoms with Crippen LogP contribution in [0.2, 0.25) is 0 Å². The number of hydrogen-bond donors (Lipinski definition) is 1. The van der Waals surface area contributed by atoms with Gasteiger partial charge in [0.1, 0.15) is 5.21 Å². The molecule has 0 spiro atoms. The Morgan fingerprint density at radius 3 is 2.57 bits per heavy atom. The highest BCUT2D eigenvalue weighted by Gasteiger charge is 2.61. The maximum atomic E-state index is 13.3. The molecule has 1 N–H and O–H groups in total. The summed E-state index contributed by atoms with van der Waals surface area (Å²) in [7, 11) is 1.84. The van der Waals surface area contributed by atoms with E-state index in [1.54, 1.807) is 15.7 Å². The molecule has 6 heteroatoms. The first-order valence-corrected chi connectivity index (χ1v) is 12.1. The summed E-state index contributed by atoms with van der Waals surface area (Å²) in [6.45, 7) is 7.35. The fourth-order valence-electron chi connectivity index (χ4n) is 8.66. The molecule has 1 aromatic rings. The zero-order valence-electron chi connectivity index (χ0n) is 19.2. The van der Waals surface area contributed by atoms with Crippen LogP contribution in [0.15, 0.2) is 6.33 Å². The third kappa shape index (κ3) is 3.08. The molecule has 1 aromatic heterocycles. The van der Waals surface area contributed by atoms with Crippen LogP contribution in [-0.4, -0.2) is 31.6 Å². The van der Waals surface area contributed by atoms with Crippen molar-refractivity contribution in [2.24, 2.45) is 47.5 Å². The molecule has 0 aliphatic heterocycles. The van der Waals surface area contributed by atoms with E-state index in [9.17, 15) is 9.90 Å². The smallest absolute Gasteiger partial charge is 0.244 e. The van der Waals surface area contributed by atoms with E-state index in [-0.39, 0.29) is 11.3 Å². The summed E-state index contributed by atoms with van der Waals surface area (Å²) in [5, 5.41) is 18.7. The van der Waals surface area contributed by atoms with Gasteiger partial charge in [0.05, 0.1) is 12.6 Å². The Labute approximate surface area is 180 Å². The highest BCUT2D eigenvalue weighted by atomic mass is 16.3. The lowest BCUT2D eigenvalue weighted by Crippen LogP contribution is -2.55. The van der Waals surface area contributed by atoms with Gasteiger partial charge in [0, 0.05) is 5.92 Å². The summed E-state index contributed by atoms with van der Waals surface area (Å²) in [5.41, 5.74) is 0.0531. The Hall–Kier alpha value is -1.30. The van der Waals surface area contributed by atoms with Crippen molar-refractivity contribution in [1.29, 1.82) is 0 Å². The van der Waals surface area contributed by atoms with E-state index >= 15 is 0 Å². The second kappa shape index (κ2) is 6.85. The predicted octanol–water partition coefficient (Wildman–Crippen LogP) is 3.08. The molecule has 4 aliphatic rings. The molecule has 5 rings (SSSR count). The summed E-state index contributed by atoms with van der Waals surface area (Å²) < 4.78 is 3.34. The molecular formula is C24H39N4O2+. The minimum absolute atomic E-state index is 0.143. The van der Waals surface area contributed by atoms with E-state index in [0.717, 1.165) is 31.1 Å². The van der Waals surface area contributed by atoms with Crippen molar-refractivity contribution in [3.05, 3.63) is 6.33 Å². The number of aryl methyl sites for hydroxylation is 1. The number of tetrazole rings is 1. The molecular weight excluding hydrogens is 376 g/mol. The molecule has 6 nitrogen and oxygen atoms in total. The van der Waals surface area contributed by atoms with Crippen molar-refractivity contribution in [2.75, 3.05) is 0 Å². The molecule has 0 unspecified atom stereocenters. The van der Waals surface area contributed by atoms with E-state index in [4.69, 9.17) is 0 Å². The van der Waals surface area contributed by atoms with Gasteiger partial charge < -0.3 is 5.11 Å². The number of Topliss-reactive ketones (excluding diaryl/α,β-unsaturated/α-hetero) is 1. The van der Waals surface area contributed by atoms with Gasteiger partial charge in [-0.2, -0.15) is 0 Å². The first-order chi connectivity index (χ1) is 14.1. The summed E-state index contributed by atoms with van der Waals surface area (Å²) in [4.78, 5) is 13.3. The van der Waals surface area contributed by atoms with E-state index in [2.05, 4.69) is 24.3 Å². The van der Waals surface area contributed by atoms with Gasteiger partial charge in [-0.1, -0.05) is 18.5 Å². The first kappa shape index (κ1) is 20.6. The van der Waals surface area contributed by atoms with E-state index in [0.29, 0.717) is 29.6 Å². The number of carbonyl (C=O) groups is 1. The van der Waals surface area contributed by atoms with Crippen LogP contribution < -0.4 is 4.68 Å². The van der Waals surface area contributed by atoms with Gasteiger partial charge in [0.2, 0.25) is 6.33 Å². The second-order valence-electron chi connectivity index (χ2n) is 12.0. The number of aromatic nitrogens is 4. The van der Waals surface area contributed by atoms with Crippen LogP contribution in [0, 0.1) is 40.4 Å². The van der Waals surface area contributed by atoms with Crippen molar-refractivity contribution in [3.63, 3.8) is 0 Å². The van der Waals surface area contributed by atoms with E-state index in [1.807, 2.05) is 14.0 Å². The topological polar surface area (TPSA) is 71.9 Å².